The normalized spacial score (nSPS) is 20.1. The van der Waals surface area contributed by atoms with Crippen molar-refractivity contribution in [3.8, 4) is 11.4 Å². The van der Waals surface area contributed by atoms with Crippen molar-refractivity contribution in [1.29, 1.82) is 0 Å². The van der Waals surface area contributed by atoms with Gasteiger partial charge in [-0.2, -0.15) is 4.68 Å². The van der Waals surface area contributed by atoms with E-state index in [1.165, 1.54) is 17.8 Å². The SMILES string of the molecule is C=CCOC(=O)Nc1cccc([C@H]2O[C@@H](CSc3nnnn3-c3ccc(O)cc3)[C@@H](C)[C@@H](c3ccc(CO)cc3)O2)c1. The molecule has 42 heavy (non-hydrogen) atoms. The molecule has 0 radical (unpaired) electrons. The molecular weight excluding hydrogens is 558 g/mol. The van der Waals surface area contributed by atoms with Crippen LogP contribution < -0.4 is 5.32 Å². The summed E-state index contributed by atoms with van der Waals surface area (Å²) in [6, 6.07) is 21.5. The number of phenolic OH excluding ortho intramolecular Hbond substituents is 1. The molecule has 3 aromatic carbocycles. The molecule has 4 atom stereocenters. The maximum Gasteiger partial charge on any atom is 0.411 e. The number of hydrogen-bond donors (Lipinski definition) is 3. The Morgan fingerprint density at radius 3 is 2.64 bits per heavy atom. The van der Waals surface area contributed by atoms with Crippen LogP contribution in [0.4, 0.5) is 10.5 Å². The van der Waals surface area contributed by atoms with Gasteiger partial charge in [-0.25, -0.2) is 4.79 Å². The highest BCUT2D eigenvalue weighted by Crippen LogP contribution is 2.43. The first-order valence-electron chi connectivity index (χ1n) is 13.3. The Morgan fingerprint density at radius 2 is 1.90 bits per heavy atom. The summed E-state index contributed by atoms with van der Waals surface area (Å²) in [5.74, 6) is 0.626. The number of aliphatic hydroxyl groups excluding tert-OH is 1. The van der Waals surface area contributed by atoms with Crippen LogP contribution >= 0.6 is 11.8 Å². The number of hydrogen-bond acceptors (Lipinski definition) is 10. The highest BCUT2D eigenvalue weighted by atomic mass is 32.2. The molecule has 3 N–H and O–H groups in total. The van der Waals surface area contributed by atoms with Gasteiger partial charge >= 0.3 is 6.09 Å². The van der Waals surface area contributed by atoms with Crippen molar-refractivity contribution in [1.82, 2.24) is 20.2 Å². The molecule has 1 amide bonds. The molecule has 11 nitrogen and oxygen atoms in total. The lowest BCUT2D eigenvalue weighted by Gasteiger charge is -2.41. The fourth-order valence-corrected chi connectivity index (χ4v) is 5.60. The number of carbonyl (C=O) groups is 1. The third kappa shape index (κ3) is 6.97. The molecule has 0 aliphatic carbocycles. The van der Waals surface area contributed by atoms with Crippen LogP contribution in [0.3, 0.4) is 0 Å². The smallest absolute Gasteiger partial charge is 0.411 e. The van der Waals surface area contributed by atoms with E-state index in [2.05, 4.69) is 34.3 Å². The zero-order valence-corrected chi connectivity index (χ0v) is 23.7. The van der Waals surface area contributed by atoms with Crippen LogP contribution in [-0.4, -0.2) is 55.0 Å². The molecule has 0 bridgehead atoms. The van der Waals surface area contributed by atoms with Crippen molar-refractivity contribution in [2.24, 2.45) is 5.92 Å². The zero-order chi connectivity index (χ0) is 29.5. The first-order chi connectivity index (χ1) is 20.4. The van der Waals surface area contributed by atoms with Gasteiger partial charge in [0.1, 0.15) is 12.4 Å². The second kappa shape index (κ2) is 13.6. The molecule has 1 aliphatic rings. The second-order valence-electron chi connectivity index (χ2n) is 9.66. The first-order valence-corrected chi connectivity index (χ1v) is 14.3. The number of benzene rings is 3. The molecule has 0 saturated carbocycles. The Kier molecular flexibility index (Phi) is 9.49. The zero-order valence-electron chi connectivity index (χ0n) is 22.9. The van der Waals surface area contributed by atoms with Crippen molar-refractivity contribution in [3.05, 3.63) is 102 Å². The van der Waals surface area contributed by atoms with Crippen molar-refractivity contribution >= 4 is 23.5 Å². The van der Waals surface area contributed by atoms with E-state index in [0.29, 0.717) is 16.6 Å². The summed E-state index contributed by atoms with van der Waals surface area (Å²) >= 11 is 1.45. The van der Waals surface area contributed by atoms with Crippen LogP contribution in [0.1, 0.15) is 36.0 Å². The van der Waals surface area contributed by atoms with E-state index in [0.717, 1.165) is 22.4 Å². The first kappa shape index (κ1) is 29.3. The predicted molar refractivity (Wildman–Crippen MR) is 156 cm³/mol. The Hall–Kier alpha value is -4.23. The van der Waals surface area contributed by atoms with Crippen molar-refractivity contribution in [2.45, 2.75) is 37.2 Å². The standard InChI is InChI=1S/C30H31N5O6S/c1-3-15-39-30(38)31-23-6-4-5-22(16-23)28-40-26(19(2)27(41-28)21-9-7-20(17-36)8-10-21)18-42-29-32-33-34-35(29)24-11-13-25(37)14-12-24/h3-14,16,19,26-28,36-37H,1,15,17-18H2,2H3,(H,31,38)/t19-,26+,27+,28+/m1/s1. The van der Waals surface area contributed by atoms with E-state index in [1.54, 1.807) is 41.1 Å². The molecule has 1 aliphatic heterocycles. The lowest BCUT2D eigenvalue weighted by atomic mass is 9.91. The summed E-state index contributed by atoms with van der Waals surface area (Å²) in [5.41, 5.74) is 3.75. The van der Waals surface area contributed by atoms with Crippen LogP contribution in [0.2, 0.25) is 0 Å². The van der Waals surface area contributed by atoms with Gasteiger partial charge in [-0.05, 0) is 58.0 Å². The Morgan fingerprint density at radius 1 is 1.12 bits per heavy atom. The number of anilines is 1. The molecular formula is C30H31N5O6S. The second-order valence-corrected chi connectivity index (χ2v) is 10.6. The largest absolute Gasteiger partial charge is 0.508 e. The highest BCUT2D eigenvalue weighted by Gasteiger charge is 2.38. The third-order valence-corrected chi connectivity index (χ3v) is 7.78. The van der Waals surface area contributed by atoms with E-state index >= 15 is 0 Å². The molecule has 1 aromatic heterocycles. The number of nitrogens with zero attached hydrogens (tertiary/aromatic N) is 4. The van der Waals surface area contributed by atoms with Gasteiger partial charge < -0.3 is 24.4 Å². The van der Waals surface area contributed by atoms with Gasteiger partial charge in [0.25, 0.3) is 0 Å². The number of amides is 1. The quantitative estimate of drug-likeness (QED) is 0.167. The molecule has 5 rings (SSSR count). The van der Waals surface area contributed by atoms with Crippen LogP contribution in [-0.2, 0) is 20.8 Å². The summed E-state index contributed by atoms with van der Waals surface area (Å²) in [4.78, 5) is 12.1. The number of ether oxygens (including phenoxy) is 3. The number of rotatable bonds is 10. The maximum atomic E-state index is 12.1. The fraction of sp³-hybridized carbons (Fsp3) is 0.267. The van der Waals surface area contributed by atoms with Crippen molar-refractivity contribution < 1.29 is 29.2 Å². The molecule has 0 spiro atoms. The average molecular weight is 590 g/mol. The van der Waals surface area contributed by atoms with E-state index in [4.69, 9.17) is 14.2 Å². The van der Waals surface area contributed by atoms with Crippen molar-refractivity contribution in [2.75, 3.05) is 17.7 Å². The monoisotopic (exact) mass is 589 g/mol. The predicted octanol–water partition coefficient (Wildman–Crippen LogP) is 5.18. The number of aromatic hydroxyl groups is 1. The van der Waals surface area contributed by atoms with Gasteiger partial charge in [0, 0.05) is 22.9 Å². The minimum atomic E-state index is -0.728. The summed E-state index contributed by atoms with van der Waals surface area (Å²) < 4.78 is 19.7. The molecule has 218 valence electrons. The van der Waals surface area contributed by atoms with Crippen molar-refractivity contribution in [3.63, 3.8) is 0 Å². The van der Waals surface area contributed by atoms with Gasteiger partial charge in [-0.15, -0.1) is 5.10 Å². The molecule has 0 unspecified atom stereocenters. The van der Waals surface area contributed by atoms with E-state index in [-0.39, 0.29) is 37.1 Å². The molecule has 4 aromatic rings. The Balaban J connectivity index is 1.38. The van der Waals surface area contributed by atoms with E-state index < -0.39 is 12.4 Å². The number of tetrazole rings is 1. The number of thioether (sulfide) groups is 1. The molecule has 12 heteroatoms. The maximum absolute atomic E-state index is 12.1. The van der Waals surface area contributed by atoms with Gasteiger partial charge in [0.15, 0.2) is 6.29 Å². The highest BCUT2D eigenvalue weighted by molar-refractivity contribution is 7.99. The minimum absolute atomic E-state index is 0.0445. The summed E-state index contributed by atoms with van der Waals surface area (Å²) in [6.07, 6.45) is -0.406. The Bertz CT molecular complexity index is 1500. The number of aromatic nitrogens is 4. The van der Waals surface area contributed by atoms with Gasteiger partial charge in [0.2, 0.25) is 5.16 Å². The average Bonchev–Trinajstić information content (AvgIpc) is 3.49. The van der Waals surface area contributed by atoms with Crippen LogP contribution in [0.15, 0.2) is 90.6 Å². The van der Waals surface area contributed by atoms with Crippen LogP contribution in [0.5, 0.6) is 5.75 Å². The molecule has 1 fully saturated rings. The summed E-state index contributed by atoms with van der Waals surface area (Å²) in [5, 5.41) is 34.6. The fourth-order valence-electron chi connectivity index (χ4n) is 4.54. The van der Waals surface area contributed by atoms with Crippen LogP contribution in [0, 0.1) is 5.92 Å². The van der Waals surface area contributed by atoms with E-state index in [1.807, 2.05) is 36.4 Å². The lowest BCUT2D eigenvalue weighted by molar-refractivity contribution is -0.268. The lowest BCUT2D eigenvalue weighted by Crippen LogP contribution is -2.38. The number of aliphatic hydroxyl groups is 1. The van der Waals surface area contributed by atoms with Gasteiger partial charge in [-0.3, -0.25) is 5.32 Å². The minimum Gasteiger partial charge on any atom is -0.508 e. The Labute approximate surface area is 247 Å². The topological polar surface area (TPSA) is 141 Å². The summed E-state index contributed by atoms with van der Waals surface area (Å²) in [7, 11) is 0. The summed E-state index contributed by atoms with van der Waals surface area (Å²) in [6.45, 7) is 5.68. The number of carbonyl (C=O) groups excluding carboxylic acids is 1. The number of phenols is 1. The number of nitrogens with one attached hydrogen (secondary N) is 1. The molecule has 1 saturated heterocycles. The van der Waals surface area contributed by atoms with Gasteiger partial charge in [0.05, 0.1) is 24.5 Å². The molecule has 2 heterocycles. The van der Waals surface area contributed by atoms with E-state index in [9.17, 15) is 15.0 Å². The van der Waals surface area contributed by atoms with Gasteiger partial charge in [-0.1, -0.05) is 67.7 Å². The van der Waals surface area contributed by atoms with Crippen LogP contribution in [0.25, 0.3) is 5.69 Å². The third-order valence-electron chi connectivity index (χ3n) is 6.77.